The Morgan fingerprint density at radius 2 is 2.33 bits per heavy atom. The summed E-state index contributed by atoms with van der Waals surface area (Å²) in [6.45, 7) is 3.50. The molecule has 1 atom stereocenters. The van der Waals surface area contributed by atoms with Gasteiger partial charge in [-0.1, -0.05) is 0 Å². The molecular weight excluding hydrogens is 304 g/mol. The maximum atomic E-state index is 12.1. The van der Waals surface area contributed by atoms with Crippen molar-refractivity contribution in [1.82, 2.24) is 30.4 Å². The van der Waals surface area contributed by atoms with Crippen LogP contribution in [0.3, 0.4) is 0 Å². The summed E-state index contributed by atoms with van der Waals surface area (Å²) in [5, 5.41) is 10.4. The number of carbonyl (C=O) groups is 1. The number of rotatable bonds is 6. The number of hydrogen-bond donors (Lipinski definition) is 2. The summed E-state index contributed by atoms with van der Waals surface area (Å²) in [7, 11) is 1.86. The molecule has 3 heterocycles. The molecule has 0 aromatic carbocycles. The van der Waals surface area contributed by atoms with E-state index in [9.17, 15) is 4.79 Å². The van der Waals surface area contributed by atoms with Crippen molar-refractivity contribution in [3.8, 4) is 0 Å². The average Bonchev–Trinajstić information content (AvgIpc) is 3.22. The van der Waals surface area contributed by atoms with E-state index >= 15 is 0 Å². The highest BCUT2D eigenvalue weighted by Gasteiger charge is 2.19. The summed E-state index contributed by atoms with van der Waals surface area (Å²) in [6.07, 6.45) is 5.01. The SMILES string of the molecule is Cc1cc(CCC(=O)NCc2ccnn2C)nc([C@H]2CCCN2)n1. The largest absolute Gasteiger partial charge is 0.350 e. The van der Waals surface area contributed by atoms with Crippen molar-refractivity contribution in [2.24, 2.45) is 7.05 Å². The molecule has 0 aliphatic carbocycles. The van der Waals surface area contributed by atoms with Crippen molar-refractivity contribution < 1.29 is 4.79 Å². The Balaban J connectivity index is 1.54. The lowest BCUT2D eigenvalue weighted by molar-refractivity contribution is -0.121. The highest BCUT2D eigenvalue weighted by atomic mass is 16.1. The third-order valence-corrected chi connectivity index (χ3v) is 4.29. The second-order valence-electron chi connectivity index (χ2n) is 6.23. The second kappa shape index (κ2) is 7.53. The molecule has 0 radical (unpaired) electrons. The maximum absolute atomic E-state index is 12.1. The van der Waals surface area contributed by atoms with Crippen LogP contribution in [-0.4, -0.2) is 32.2 Å². The van der Waals surface area contributed by atoms with Crippen LogP contribution >= 0.6 is 0 Å². The fourth-order valence-electron chi connectivity index (χ4n) is 2.94. The number of nitrogens with zero attached hydrogens (tertiary/aromatic N) is 4. The van der Waals surface area contributed by atoms with Crippen LogP contribution in [0.25, 0.3) is 0 Å². The van der Waals surface area contributed by atoms with Crippen LogP contribution < -0.4 is 10.6 Å². The lowest BCUT2D eigenvalue weighted by Gasteiger charge is -2.11. The number of hydrogen-bond acceptors (Lipinski definition) is 5. The number of amides is 1. The first kappa shape index (κ1) is 16.6. The van der Waals surface area contributed by atoms with Crippen LogP contribution in [0, 0.1) is 6.92 Å². The summed E-state index contributed by atoms with van der Waals surface area (Å²) in [5.74, 6) is 0.880. The molecule has 0 unspecified atom stereocenters. The third-order valence-electron chi connectivity index (χ3n) is 4.29. The molecule has 24 heavy (non-hydrogen) atoms. The summed E-state index contributed by atoms with van der Waals surface area (Å²) < 4.78 is 1.76. The molecule has 2 aromatic heterocycles. The van der Waals surface area contributed by atoms with Crippen molar-refractivity contribution in [2.45, 2.75) is 45.2 Å². The zero-order valence-corrected chi connectivity index (χ0v) is 14.2. The highest BCUT2D eigenvalue weighted by Crippen LogP contribution is 2.20. The number of nitrogens with one attached hydrogen (secondary N) is 2. The molecule has 2 N–H and O–H groups in total. The predicted molar refractivity (Wildman–Crippen MR) is 90.1 cm³/mol. The van der Waals surface area contributed by atoms with Gasteiger partial charge in [-0.25, -0.2) is 9.97 Å². The predicted octanol–water partition coefficient (Wildman–Crippen LogP) is 1.19. The zero-order chi connectivity index (χ0) is 16.9. The van der Waals surface area contributed by atoms with E-state index in [0.29, 0.717) is 19.4 Å². The van der Waals surface area contributed by atoms with Gasteiger partial charge in [0.15, 0.2) is 0 Å². The van der Waals surface area contributed by atoms with Gasteiger partial charge in [0.25, 0.3) is 0 Å². The average molecular weight is 328 g/mol. The van der Waals surface area contributed by atoms with Gasteiger partial charge in [-0.2, -0.15) is 5.10 Å². The van der Waals surface area contributed by atoms with Crippen molar-refractivity contribution in [1.29, 1.82) is 0 Å². The van der Waals surface area contributed by atoms with Crippen molar-refractivity contribution in [3.05, 3.63) is 41.2 Å². The Kier molecular flexibility index (Phi) is 5.20. The first-order chi connectivity index (χ1) is 11.6. The molecule has 1 aliphatic heterocycles. The Morgan fingerprint density at radius 1 is 1.46 bits per heavy atom. The zero-order valence-electron chi connectivity index (χ0n) is 14.2. The monoisotopic (exact) mass is 328 g/mol. The van der Waals surface area contributed by atoms with E-state index in [2.05, 4.69) is 25.7 Å². The standard InChI is InChI=1S/C17H24N6O/c1-12-10-13(22-17(21-12)15-4-3-8-18-15)5-6-16(24)19-11-14-7-9-20-23(14)2/h7,9-10,15,18H,3-6,8,11H2,1-2H3,(H,19,24)/t15-/m1/s1. The van der Waals surface area contributed by atoms with Crippen LogP contribution in [0.5, 0.6) is 0 Å². The second-order valence-corrected chi connectivity index (χ2v) is 6.23. The van der Waals surface area contributed by atoms with Gasteiger partial charge in [0, 0.05) is 31.1 Å². The van der Waals surface area contributed by atoms with Crippen molar-refractivity contribution >= 4 is 5.91 Å². The van der Waals surface area contributed by atoms with Crippen LogP contribution in [0.15, 0.2) is 18.3 Å². The molecule has 0 bridgehead atoms. The fraction of sp³-hybridized carbons (Fsp3) is 0.529. The van der Waals surface area contributed by atoms with Crippen molar-refractivity contribution in [3.63, 3.8) is 0 Å². The van der Waals surface area contributed by atoms with Gasteiger partial charge in [0.05, 0.1) is 18.3 Å². The molecule has 3 rings (SSSR count). The Bertz CT molecular complexity index is 705. The van der Waals surface area contributed by atoms with Crippen molar-refractivity contribution in [2.75, 3.05) is 6.54 Å². The fourth-order valence-corrected chi connectivity index (χ4v) is 2.94. The lowest BCUT2D eigenvalue weighted by Crippen LogP contribution is -2.24. The van der Waals surface area contributed by atoms with Gasteiger partial charge in [0.2, 0.25) is 5.91 Å². The topological polar surface area (TPSA) is 84.7 Å². The quantitative estimate of drug-likeness (QED) is 0.832. The minimum Gasteiger partial charge on any atom is -0.350 e. The molecule has 1 aliphatic rings. The highest BCUT2D eigenvalue weighted by molar-refractivity contribution is 5.76. The minimum absolute atomic E-state index is 0.0213. The van der Waals surface area contributed by atoms with E-state index < -0.39 is 0 Å². The number of carbonyl (C=O) groups excluding carboxylic acids is 1. The van der Waals surface area contributed by atoms with E-state index in [1.54, 1.807) is 10.9 Å². The van der Waals surface area contributed by atoms with Crippen LogP contribution in [0.4, 0.5) is 0 Å². The summed E-state index contributed by atoms with van der Waals surface area (Å²) >= 11 is 0. The summed E-state index contributed by atoms with van der Waals surface area (Å²) in [5.41, 5.74) is 2.87. The van der Waals surface area contributed by atoms with Gasteiger partial charge in [0.1, 0.15) is 5.82 Å². The van der Waals surface area contributed by atoms with Crippen LogP contribution in [0.2, 0.25) is 0 Å². The van der Waals surface area contributed by atoms with E-state index in [-0.39, 0.29) is 11.9 Å². The normalized spacial score (nSPS) is 17.2. The Hall–Kier alpha value is -2.28. The first-order valence-corrected chi connectivity index (χ1v) is 8.43. The smallest absolute Gasteiger partial charge is 0.220 e. The summed E-state index contributed by atoms with van der Waals surface area (Å²) in [6, 6.07) is 4.12. The van der Waals surface area contributed by atoms with E-state index in [0.717, 1.165) is 42.3 Å². The van der Waals surface area contributed by atoms with E-state index in [1.807, 2.05) is 26.1 Å². The van der Waals surface area contributed by atoms with Gasteiger partial charge < -0.3 is 10.6 Å². The summed E-state index contributed by atoms with van der Waals surface area (Å²) in [4.78, 5) is 21.2. The molecule has 7 nitrogen and oxygen atoms in total. The third kappa shape index (κ3) is 4.17. The molecule has 2 aromatic rings. The maximum Gasteiger partial charge on any atom is 0.220 e. The molecule has 1 saturated heterocycles. The number of aromatic nitrogens is 4. The Morgan fingerprint density at radius 3 is 3.04 bits per heavy atom. The molecule has 0 spiro atoms. The molecule has 128 valence electrons. The van der Waals surface area contributed by atoms with Gasteiger partial charge in [-0.15, -0.1) is 0 Å². The van der Waals surface area contributed by atoms with Crippen LogP contribution in [-0.2, 0) is 24.8 Å². The Labute approximate surface area is 141 Å². The van der Waals surface area contributed by atoms with Gasteiger partial charge >= 0.3 is 0 Å². The van der Waals surface area contributed by atoms with Crippen LogP contribution in [0.1, 0.15) is 48.2 Å². The molecule has 7 heteroatoms. The first-order valence-electron chi connectivity index (χ1n) is 8.43. The molecule has 0 saturated carbocycles. The van der Waals surface area contributed by atoms with Gasteiger partial charge in [-0.3, -0.25) is 9.48 Å². The lowest BCUT2D eigenvalue weighted by atomic mass is 10.1. The van der Waals surface area contributed by atoms with E-state index in [1.165, 1.54) is 0 Å². The molecular formula is C17H24N6O. The minimum atomic E-state index is 0.0213. The molecule has 1 fully saturated rings. The number of aryl methyl sites for hydroxylation is 3. The van der Waals surface area contributed by atoms with Gasteiger partial charge in [-0.05, 0) is 44.9 Å². The molecule has 1 amide bonds. The van der Waals surface area contributed by atoms with E-state index in [4.69, 9.17) is 0 Å².